The molecule has 19 heavy (non-hydrogen) atoms. The lowest BCUT2D eigenvalue weighted by atomic mass is 10.2. The maximum absolute atomic E-state index is 13.0. The maximum Gasteiger partial charge on any atom is 0.419 e. The van der Waals surface area contributed by atoms with E-state index in [4.69, 9.17) is 4.52 Å². The Morgan fingerprint density at radius 2 is 2.05 bits per heavy atom. The molecule has 8 heteroatoms. The lowest BCUT2D eigenvalue weighted by molar-refractivity contribution is -0.139. The third-order valence-corrected chi connectivity index (χ3v) is 2.29. The smallest absolute Gasteiger partial charge is 0.378 e. The summed E-state index contributed by atoms with van der Waals surface area (Å²) in [5.74, 6) is -0.657. The van der Waals surface area contributed by atoms with Crippen molar-refractivity contribution < 1.29 is 22.1 Å². The van der Waals surface area contributed by atoms with Gasteiger partial charge in [-0.3, -0.25) is 0 Å². The standard InChI is InChI=1S/C11H9F4N3O/c1-6-17-10(18-19-6)5-16-7-2-3-9(12)8(4-7)11(13,14)15/h2-4,16H,5H2,1H3. The molecule has 1 aromatic heterocycles. The number of nitrogens with one attached hydrogen (secondary N) is 1. The monoisotopic (exact) mass is 275 g/mol. The van der Waals surface area contributed by atoms with Crippen LogP contribution in [0.25, 0.3) is 0 Å². The molecule has 102 valence electrons. The van der Waals surface area contributed by atoms with Crippen LogP contribution in [-0.4, -0.2) is 10.1 Å². The number of halogens is 4. The molecule has 1 N–H and O–H groups in total. The molecule has 0 atom stereocenters. The van der Waals surface area contributed by atoms with Crippen LogP contribution < -0.4 is 5.32 Å². The average Bonchev–Trinajstić information content (AvgIpc) is 2.72. The van der Waals surface area contributed by atoms with E-state index in [1.54, 1.807) is 6.92 Å². The largest absolute Gasteiger partial charge is 0.419 e. The van der Waals surface area contributed by atoms with E-state index in [1.807, 2.05) is 0 Å². The van der Waals surface area contributed by atoms with E-state index in [0.29, 0.717) is 17.8 Å². The quantitative estimate of drug-likeness (QED) is 0.874. The van der Waals surface area contributed by atoms with Gasteiger partial charge in [0.25, 0.3) is 0 Å². The van der Waals surface area contributed by atoms with E-state index in [-0.39, 0.29) is 12.2 Å². The van der Waals surface area contributed by atoms with Gasteiger partial charge < -0.3 is 9.84 Å². The van der Waals surface area contributed by atoms with Crippen molar-refractivity contribution in [3.05, 3.63) is 41.3 Å². The predicted octanol–water partition coefficient (Wildman–Crippen LogP) is 3.15. The van der Waals surface area contributed by atoms with Crippen molar-refractivity contribution in [3.8, 4) is 0 Å². The molecule has 0 saturated carbocycles. The molecule has 0 saturated heterocycles. The molecule has 0 aliphatic carbocycles. The molecule has 0 amide bonds. The van der Waals surface area contributed by atoms with Crippen molar-refractivity contribution in [1.82, 2.24) is 10.1 Å². The van der Waals surface area contributed by atoms with Gasteiger partial charge in [0.2, 0.25) is 5.89 Å². The van der Waals surface area contributed by atoms with Crippen LogP contribution >= 0.6 is 0 Å². The Morgan fingerprint density at radius 3 is 2.63 bits per heavy atom. The van der Waals surface area contributed by atoms with Crippen LogP contribution in [-0.2, 0) is 12.7 Å². The van der Waals surface area contributed by atoms with Crippen LogP contribution in [0.2, 0.25) is 0 Å². The molecule has 0 aliphatic rings. The molecule has 1 aromatic carbocycles. The molecule has 2 rings (SSSR count). The first-order valence-corrected chi connectivity index (χ1v) is 5.26. The summed E-state index contributed by atoms with van der Waals surface area (Å²) in [4.78, 5) is 3.88. The van der Waals surface area contributed by atoms with Crippen molar-refractivity contribution in [3.63, 3.8) is 0 Å². The number of rotatable bonds is 3. The molecule has 0 unspecified atom stereocenters. The highest BCUT2D eigenvalue weighted by Crippen LogP contribution is 2.33. The van der Waals surface area contributed by atoms with Gasteiger partial charge >= 0.3 is 6.18 Å². The van der Waals surface area contributed by atoms with E-state index in [2.05, 4.69) is 15.5 Å². The van der Waals surface area contributed by atoms with Crippen molar-refractivity contribution in [2.45, 2.75) is 19.6 Å². The van der Waals surface area contributed by atoms with Crippen LogP contribution in [0.1, 0.15) is 17.3 Å². The second-order valence-electron chi connectivity index (χ2n) is 3.78. The third-order valence-electron chi connectivity index (χ3n) is 2.29. The summed E-state index contributed by atoms with van der Waals surface area (Å²) >= 11 is 0. The Hall–Kier alpha value is -2.12. The Morgan fingerprint density at radius 1 is 1.32 bits per heavy atom. The number of alkyl halides is 3. The number of hydrogen-bond acceptors (Lipinski definition) is 4. The Bertz CT molecular complexity index is 580. The fourth-order valence-electron chi connectivity index (χ4n) is 1.45. The van der Waals surface area contributed by atoms with Gasteiger partial charge in [0.05, 0.1) is 12.1 Å². The first kappa shape index (κ1) is 13.3. The van der Waals surface area contributed by atoms with Crippen molar-refractivity contribution in [1.29, 1.82) is 0 Å². The summed E-state index contributed by atoms with van der Waals surface area (Å²) < 4.78 is 55.2. The van der Waals surface area contributed by atoms with Crippen LogP contribution in [0.4, 0.5) is 23.2 Å². The topological polar surface area (TPSA) is 51.0 Å². The second kappa shape index (κ2) is 4.87. The van der Waals surface area contributed by atoms with Crippen molar-refractivity contribution in [2.24, 2.45) is 0 Å². The van der Waals surface area contributed by atoms with Gasteiger partial charge in [-0.15, -0.1) is 0 Å². The zero-order valence-corrected chi connectivity index (χ0v) is 9.75. The molecule has 0 bridgehead atoms. The van der Waals surface area contributed by atoms with Crippen LogP contribution in [0.5, 0.6) is 0 Å². The van der Waals surface area contributed by atoms with Gasteiger partial charge in [0.15, 0.2) is 5.82 Å². The SMILES string of the molecule is Cc1nc(CNc2ccc(F)c(C(F)(F)F)c2)no1. The number of aromatic nitrogens is 2. The molecule has 1 heterocycles. The summed E-state index contributed by atoms with van der Waals surface area (Å²) in [6.07, 6.45) is -4.73. The lowest BCUT2D eigenvalue weighted by Gasteiger charge is -2.10. The fourth-order valence-corrected chi connectivity index (χ4v) is 1.45. The van der Waals surface area contributed by atoms with Gasteiger partial charge in [0.1, 0.15) is 5.82 Å². The van der Waals surface area contributed by atoms with Crippen molar-refractivity contribution >= 4 is 5.69 Å². The minimum Gasteiger partial charge on any atom is -0.378 e. The average molecular weight is 275 g/mol. The number of aryl methyl sites for hydroxylation is 1. The molecule has 4 nitrogen and oxygen atoms in total. The molecular weight excluding hydrogens is 266 g/mol. The number of benzene rings is 1. The van der Waals surface area contributed by atoms with Crippen LogP contribution in [0.3, 0.4) is 0 Å². The van der Waals surface area contributed by atoms with Crippen LogP contribution in [0, 0.1) is 12.7 Å². The molecule has 0 spiro atoms. The molecule has 2 aromatic rings. The van der Waals surface area contributed by atoms with E-state index in [0.717, 1.165) is 6.07 Å². The summed E-state index contributed by atoms with van der Waals surface area (Å²) in [5.41, 5.74) is -1.20. The Labute approximate surface area is 105 Å². The highest BCUT2D eigenvalue weighted by Gasteiger charge is 2.34. The zero-order chi connectivity index (χ0) is 14.0. The van der Waals surface area contributed by atoms with Gasteiger partial charge in [-0.1, -0.05) is 5.16 Å². The first-order valence-electron chi connectivity index (χ1n) is 5.26. The van der Waals surface area contributed by atoms with E-state index >= 15 is 0 Å². The number of nitrogens with zero attached hydrogens (tertiary/aromatic N) is 2. The Balaban J connectivity index is 2.13. The number of hydrogen-bond donors (Lipinski definition) is 1. The summed E-state index contributed by atoms with van der Waals surface area (Å²) in [7, 11) is 0. The van der Waals surface area contributed by atoms with Gasteiger partial charge in [-0.05, 0) is 18.2 Å². The second-order valence-corrected chi connectivity index (χ2v) is 3.78. The first-order chi connectivity index (χ1) is 8.86. The predicted molar refractivity (Wildman–Crippen MR) is 57.8 cm³/mol. The molecule has 0 radical (unpaired) electrons. The van der Waals surface area contributed by atoms with Gasteiger partial charge in [0, 0.05) is 12.6 Å². The van der Waals surface area contributed by atoms with E-state index in [1.165, 1.54) is 6.07 Å². The number of anilines is 1. The highest BCUT2D eigenvalue weighted by atomic mass is 19.4. The maximum atomic E-state index is 13.0. The van der Waals surface area contributed by atoms with Crippen LogP contribution in [0.15, 0.2) is 22.7 Å². The summed E-state index contributed by atoms with van der Waals surface area (Å²) in [6, 6.07) is 2.66. The Kier molecular flexibility index (Phi) is 3.41. The van der Waals surface area contributed by atoms with Crippen molar-refractivity contribution in [2.75, 3.05) is 5.32 Å². The minimum atomic E-state index is -4.73. The molecule has 0 fully saturated rings. The lowest BCUT2D eigenvalue weighted by Crippen LogP contribution is -2.09. The minimum absolute atomic E-state index is 0.0836. The molecular formula is C11H9F4N3O. The normalized spacial score (nSPS) is 11.6. The zero-order valence-electron chi connectivity index (χ0n) is 9.75. The highest BCUT2D eigenvalue weighted by molar-refractivity contribution is 5.47. The summed E-state index contributed by atoms with van der Waals surface area (Å²) in [6.45, 7) is 1.68. The third kappa shape index (κ3) is 3.21. The fraction of sp³-hybridized carbons (Fsp3) is 0.273. The van der Waals surface area contributed by atoms with Gasteiger partial charge in [-0.25, -0.2) is 4.39 Å². The van der Waals surface area contributed by atoms with E-state index in [9.17, 15) is 17.6 Å². The van der Waals surface area contributed by atoms with E-state index < -0.39 is 17.6 Å². The summed E-state index contributed by atoms with van der Waals surface area (Å²) in [5, 5.41) is 6.24. The molecule has 0 aliphatic heterocycles. The van der Waals surface area contributed by atoms with Gasteiger partial charge in [-0.2, -0.15) is 18.2 Å².